The highest BCUT2D eigenvalue weighted by Gasteiger charge is 2.04. The molecule has 0 bridgehead atoms. The minimum atomic E-state index is 0.505. The Balaban J connectivity index is 1.90. The Bertz CT molecular complexity index is 507. The van der Waals surface area contributed by atoms with Crippen LogP contribution in [0, 0.1) is 0 Å². The first kappa shape index (κ1) is 14.4. The summed E-state index contributed by atoms with van der Waals surface area (Å²) >= 11 is 7.46. The van der Waals surface area contributed by atoms with Gasteiger partial charge in [0.05, 0.1) is 16.6 Å². The van der Waals surface area contributed by atoms with Crippen LogP contribution in [0.1, 0.15) is 23.2 Å². The standard InChI is InChI=1S/C15H19ClN2S/c1-3-12-4-6-14(7-5-12)18(2)9-8-15-17-13(10-16)11-19-15/h4-7,11H,3,8-10H2,1-2H3. The van der Waals surface area contributed by atoms with Gasteiger partial charge in [-0.3, -0.25) is 0 Å². The van der Waals surface area contributed by atoms with Gasteiger partial charge >= 0.3 is 0 Å². The zero-order valence-corrected chi connectivity index (χ0v) is 13.0. The van der Waals surface area contributed by atoms with Crippen molar-refractivity contribution in [2.24, 2.45) is 0 Å². The number of aromatic nitrogens is 1. The van der Waals surface area contributed by atoms with Crippen LogP contribution in [0.15, 0.2) is 29.6 Å². The van der Waals surface area contributed by atoms with Gasteiger partial charge in [-0.1, -0.05) is 19.1 Å². The van der Waals surface area contributed by atoms with Crippen molar-refractivity contribution in [1.82, 2.24) is 4.98 Å². The number of rotatable bonds is 6. The molecule has 0 aliphatic rings. The highest BCUT2D eigenvalue weighted by molar-refractivity contribution is 7.09. The van der Waals surface area contributed by atoms with Crippen molar-refractivity contribution >= 4 is 28.6 Å². The summed E-state index contributed by atoms with van der Waals surface area (Å²) in [5.74, 6) is 0.505. The Kier molecular flexibility index (Phi) is 5.23. The van der Waals surface area contributed by atoms with Gasteiger partial charge in [-0.15, -0.1) is 22.9 Å². The number of nitrogens with zero attached hydrogens (tertiary/aromatic N) is 2. The number of anilines is 1. The summed E-state index contributed by atoms with van der Waals surface area (Å²) in [4.78, 5) is 6.75. The average molecular weight is 295 g/mol. The first-order valence-corrected chi connectivity index (χ1v) is 7.93. The van der Waals surface area contributed by atoms with Gasteiger partial charge in [0, 0.05) is 31.1 Å². The molecular weight excluding hydrogens is 276 g/mol. The Morgan fingerprint density at radius 2 is 2.00 bits per heavy atom. The molecule has 1 heterocycles. The molecule has 0 radical (unpaired) electrons. The van der Waals surface area contributed by atoms with Crippen LogP contribution in [0.3, 0.4) is 0 Å². The first-order chi connectivity index (χ1) is 9.22. The number of alkyl halides is 1. The van der Waals surface area contributed by atoms with Gasteiger partial charge in [-0.05, 0) is 24.1 Å². The monoisotopic (exact) mass is 294 g/mol. The van der Waals surface area contributed by atoms with Crippen LogP contribution < -0.4 is 4.90 Å². The number of hydrogen-bond acceptors (Lipinski definition) is 3. The second-order valence-corrected chi connectivity index (χ2v) is 5.77. The molecule has 1 aromatic heterocycles. The fourth-order valence-electron chi connectivity index (χ4n) is 1.90. The van der Waals surface area contributed by atoms with Crippen LogP contribution >= 0.6 is 22.9 Å². The topological polar surface area (TPSA) is 16.1 Å². The molecule has 0 spiro atoms. The molecule has 102 valence electrons. The molecule has 0 fully saturated rings. The molecule has 2 rings (SSSR count). The summed E-state index contributed by atoms with van der Waals surface area (Å²) in [5, 5.41) is 3.20. The molecule has 1 aromatic carbocycles. The zero-order chi connectivity index (χ0) is 13.7. The lowest BCUT2D eigenvalue weighted by Crippen LogP contribution is -2.20. The predicted molar refractivity (Wildman–Crippen MR) is 84.5 cm³/mol. The molecule has 0 N–H and O–H groups in total. The van der Waals surface area contributed by atoms with E-state index in [1.165, 1.54) is 11.3 Å². The lowest BCUT2D eigenvalue weighted by Gasteiger charge is -2.18. The number of benzene rings is 1. The van der Waals surface area contributed by atoms with E-state index in [1.807, 2.05) is 5.38 Å². The van der Waals surface area contributed by atoms with E-state index >= 15 is 0 Å². The van der Waals surface area contributed by atoms with E-state index in [0.29, 0.717) is 5.88 Å². The van der Waals surface area contributed by atoms with Crippen LogP contribution in [-0.4, -0.2) is 18.6 Å². The summed E-state index contributed by atoms with van der Waals surface area (Å²) in [6.07, 6.45) is 2.05. The SMILES string of the molecule is CCc1ccc(N(C)CCc2nc(CCl)cs2)cc1. The van der Waals surface area contributed by atoms with E-state index in [0.717, 1.165) is 30.1 Å². The minimum Gasteiger partial charge on any atom is -0.374 e. The van der Waals surface area contributed by atoms with Gasteiger partial charge in [0.2, 0.25) is 0 Å². The molecule has 0 saturated carbocycles. The highest BCUT2D eigenvalue weighted by atomic mass is 35.5. The quantitative estimate of drug-likeness (QED) is 0.745. The lowest BCUT2D eigenvalue weighted by molar-refractivity contribution is 0.865. The normalized spacial score (nSPS) is 10.7. The average Bonchev–Trinajstić information content (AvgIpc) is 2.93. The fourth-order valence-corrected chi connectivity index (χ4v) is 2.92. The Labute approximate surface area is 124 Å². The van der Waals surface area contributed by atoms with Gasteiger partial charge in [-0.2, -0.15) is 0 Å². The van der Waals surface area contributed by atoms with E-state index in [4.69, 9.17) is 11.6 Å². The summed E-state index contributed by atoms with van der Waals surface area (Å²) in [5.41, 5.74) is 3.62. The zero-order valence-electron chi connectivity index (χ0n) is 11.4. The number of likely N-dealkylation sites (N-methyl/N-ethyl adjacent to an activating group) is 1. The number of aryl methyl sites for hydroxylation is 1. The van der Waals surface area contributed by atoms with E-state index in [-0.39, 0.29) is 0 Å². The van der Waals surface area contributed by atoms with Crippen molar-refractivity contribution in [3.63, 3.8) is 0 Å². The largest absolute Gasteiger partial charge is 0.374 e. The number of hydrogen-bond donors (Lipinski definition) is 0. The Morgan fingerprint density at radius 3 is 2.58 bits per heavy atom. The van der Waals surface area contributed by atoms with Crippen LogP contribution in [0.5, 0.6) is 0 Å². The van der Waals surface area contributed by atoms with Gasteiger partial charge in [-0.25, -0.2) is 4.98 Å². The van der Waals surface area contributed by atoms with Crippen molar-refractivity contribution in [3.05, 3.63) is 45.9 Å². The smallest absolute Gasteiger partial charge is 0.0946 e. The Hall–Kier alpha value is -1.06. The van der Waals surface area contributed by atoms with Gasteiger partial charge in [0.25, 0.3) is 0 Å². The summed E-state index contributed by atoms with van der Waals surface area (Å²) in [6.45, 7) is 3.15. The van der Waals surface area contributed by atoms with Crippen molar-refractivity contribution in [3.8, 4) is 0 Å². The van der Waals surface area contributed by atoms with Gasteiger partial charge in [0.15, 0.2) is 0 Å². The summed E-state index contributed by atoms with van der Waals surface area (Å²) in [6, 6.07) is 8.76. The molecule has 19 heavy (non-hydrogen) atoms. The lowest BCUT2D eigenvalue weighted by atomic mass is 10.1. The maximum atomic E-state index is 5.76. The minimum absolute atomic E-state index is 0.505. The predicted octanol–water partition coefficient (Wildman–Crippen LogP) is 4.12. The van der Waals surface area contributed by atoms with Crippen LogP contribution in [-0.2, 0) is 18.7 Å². The third kappa shape index (κ3) is 3.95. The molecule has 0 saturated heterocycles. The van der Waals surface area contributed by atoms with Crippen molar-refractivity contribution in [2.75, 3.05) is 18.5 Å². The third-order valence-electron chi connectivity index (χ3n) is 3.18. The second kappa shape index (κ2) is 6.92. The second-order valence-electron chi connectivity index (χ2n) is 4.56. The van der Waals surface area contributed by atoms with Crippen molar-refractivity contribution < 1.29 is 0 Å². The molecule has 0 aliphatic heterocycles. The first-order valence-electron chi connectivity index (χ1n) is 6.52. The van der Waals surface area contributed by atoms with E-state index in [2.05, 4.69) is 48.1 Å². The van der Waals surface area contributed by atoms with E-state index in [9.17, 15) is 0 Å². The molecule has 2 aromatic rings. The van der Waals surface area contributed by atoms with Crippen LogP contribution in [0.25, 0.3) is 0 Å². The molecule has 0 amide bonds. The molecule has 0 unspecified atom stereocenters. The van der Waals surface area contributed by atoms with Crippen LogP contribution in [0.2, 0.25) is 0 Å². The number of thiazole rings is 1. The Morgan fingerprint density at radius 1 is 1.26 bits per heavy atom. The third-order valence-corrected chi connectivity index (χ3v) is 4.41. The maximum absolute atomic E-state index is 5.76. The highest BCUT2D eigenvalue weighted by Crippen LogP contribution is 2.16. The van der Waals surface area contributed by atoms with Crippen LogP contribution in [0.4, 0.5) is 5.69 Å². The van der Waals surface area contributed by atoms with E-state index in [1.54, 1.807) is 11.3 Å². The van der Waals surface area contributed by atoms with E-state index < -0.39 is 0 Å². The van der Waals surface area contributed by atoms with Crippen molar-refractivity contribution in [1.29, 1.82) is 0 Å². The van der Waals surface area contributed by atoms with Crippen molar-refractivity contribution in [2.45, 2.75) is 25.6 Å². The van der Waals surface area contributed by atoms with Gasteiger partial charge in [0.1, 0.15) is 0 Å². The molecule has 2 nitrogen and oxygen atoms in total. The summed E-state index contributed by atoms with van der Waals surface area (Å²) < 4.78 is 0. The number of halogens is 1. The fraction of sp³-hybridized carbons (Fsp3) is 0.400. The molecular formula is C15H19ClN2S. The molecule has 0 atom stereocenters. The van der Waals surface area contributed by atoms with Gasteiger partial charge < -0.3 is 4.90 Å². The summed E-state index contributed by atoms with van der Waals surface area (Å²) in [7, 11) is 2.12. The molecule has 0 aliphatic carbocycles. The molecule has 4 heteroatoms. The maximum Gasteiger partial charge on any atom is 0.0946 e.